The Morgan fingerprint density at radius 2 is 1.81 bits per heavy atom. The van der Waals surface area contributed by atoms with E-state index < -0.39 is 0 Å². The van der Waals surface area contributed by atoms with E-state index in [2.05, 4.69) is 28.4 Å². The van der Waals surface area contributed by atoms with Crippen LogP contribution in [0.1, 0.15) is 36.0 Å². The van der Waals surface area contributed by atoms with Crippen molar-refractivity contribution >= 4 is 0 Å². The predicted octanol–water partition coefficient (Wildman–Crippen LogP) is 2.28. The molecule has 0 aliphatic carbocycles. The summed E-state index contributed by atoms with van der Waals surface area (Å²) in [5.41, 5.74) is 4.49. The Labute approximate surface area is 97.6 Å². The Balaban J connectivity index is 1.69. The molecule has 2 nitrogen and oxygen atoms in total. The highest BCUT2D eigenvalue weighted by Crippen LogP contribution is 2.19. The second-order valence-electron chi connectivity index (χ2n) is 5.04. The second kappa shape index (κ2) is 4.56. The fourth-order valence-electron chi connectivity index (χ4n) is 2.82. The van der Waals surface area contributed by atoms with E-state index in [1.165, 1.54) is 49.0 Å². The van der Waals surface area contributed by atoms with Gasteiger partial charge in [-0.15, -0.1) is 0 Å². The summed E-state index contributed by atoms with van der Waals surface area (Å²) < 4.78 is 0. The number of likely N-dealkylation sites (tertiary alicyclic amines) is 1. The van der Waals surface area contributed by atoms with E-state index in [9.17, 15) is 0 Å². The lowest BCUT2D eigenvalue weighted by Gasteiger charge is -2.26. The highest BCUT2D eigenvalue weighted by atomic mass is 15.1. The minimum atomic E-state index is 1.05. The molecule has 0 atom stereocenters. The summed E-state index contributed by atoms with van der Waals surface area (Å²) >= 11 is 0. The van der Waals surface area contributed by atoms with Gasteiger partial charge < -0.3 is 5.32 Å². The molecule has 1 aromatic rings. The normalized spacial score (nSPS) is 21.0. The largest absolute Gasteiger partial charge is 0.309 e. The maximum Gasteiger partial charge on any atom is 0.0233 e. The van der Waals surface area contributed by atoms with Gasteiger partial charge in [-0.3, -0.25) is 4.90 Å². The molecule has 0 spiro atoms. The smallest absolute Gasteiger partial charge is 0.0233 e. The summed E-state index contributed by atoms with van der Waals surface area (Å²) in [6, 6.07) is 7.00. The first kappa shape index (κ1) is 10.3. The van der Waals surface area contributed by atoms with Crippen LogP contribution in [0.5, 0.6) is 0 Å². The number of nitrogens with one attached hydrogen (secondary N) is 1. The maximum absolute atomic E-state index is 3.40. The summed E-state index contributed by atoms with van der Waals surface area (Å²) in [4.78, 5) is 2.59. The first-order valence-corrected chi connectivity index (χ1v) is 6.45. The third-order valence-electron chi connectivity index (χ3n) is 3.76. The average molecular weight is 216 g/mol. The van der Waals surface area contributed by atoms with Crippen LogP contribution >= 0.6 is 0 Å². The Bertz CT molecular complexity index is 367. The van der Waals surface area contributed by atoms with Crippen molar-refractivity contribution in [3.63, 3.8) is 0 Å². The van der Waals surface area contributed by atoms with Crippen molar-refractivity contribution in [1.29, 1.82) is 0 Å². The lowest BCUT2D eigenvalue weighted by Crippen LogP contribution is -2.29. The van der Waals surface area contributed by atoms with Gasteiger partial charge in [0.25, 0.3) is 0 Å². The highest BCUT2D eigenvalue weighted by Gasteiger charge is 2.13. The minimum Gasteiger partial charge on any atom is -0.309 e. The van der Waals surface area contributed by atoms with Crippen molar-refractivity contribution in [3.8, 4) is 0 Å². The molecule has 1 fully saturated rings. The number of piperidine rings is 1. The summed E-state index contributed by atoms with van der Waals surface area (Å²) in [6.45, 7) is 5.83. The quantitative estimate of drug-likeness (QED) is 0.816. The molecule has 1 aromatic carbocycles. The van der Waals surface area contributed by atoms with Gasteiger partial charge in [-0.05, 0) is 42.6 Å². The zero-order valence-corrected chi connectivity index (χ0v) is 9.84. The van der Waals surface area contributed by atoms with Crippen molar-refractivity contribution in [2.45, 2.75) is 38.9 Å². The standard InChI is InChI=1S/C14H20N2/c1-2-6-16(7-3-1)11-12-4-5-13-9-15-10-14(13)8-12/h4-5,8,15H,1-3,6-7,9-11H2. The Kier molecular flexibility index (Phi) is 2.94. The molecule has 16 heavy (non-hydrogen) atoms. The molecule has 2 aliphatic rings. The molecule has 0 radical (unpaired) electrons. The summed E-state index contributed by atoms with van der Waals surface area (Å²) in [7, 11) is 0. The monoisotopic (exact) mass is 216 g/mol. The third kappa shape index (κ3) is 2.13. The van der Waals surface area contributed by atoms with Crippen LogP contribution in [0.15, 0.2) is 18.2 Å². The van der Waals surface area contributed by atoms with Crippen molar-refractivity contribution in [2.75, 3.05) is 13.1 Å². The van der Waals surface area contributed by atoms with Crippen LogP contribution in [0.25, 0.3) is 0 Å². The minimum absolute atomic E-state index is 1.05. The molecule has 2 aliphatic heterocycles. The first-order chi connectivity index (χ1) is 7.92. The zero-order valence-electron chi connectivity index (χ0n) is 9.84. The van der Waals surface area contributed by atoms with Crippen LogP contribution in [0.3, 0.4) is 0 Å². The highest BCUT2D eigenvalue weighted by molar-refractivity contribution is 5.34. The van der Waals surface area contributed by atoms with E-state index in [4.69, 9.17) is 0 Å². The van der Waals surface area contributed by atoms with Crippen molar-refractivity contribution < 1.29 is 0 Å². The van der Waals surface area contributed by atoms with Crippen LogP contribution in [-0.4, -0.2) is 18.0 Å². The number of fused-ring (bicyclic) bond motifs is 1. The number of rotatable bonds is 2. The van der Waals surface area contributed by atoms with Gasteiger partial charge in [0.2, 0.25) is 0 Å². The number of nitrogens with zero attached hydrogens (tertiary/aromatic N) is 1. The van der Waals surface area contributed by atoms with Crippen molar-refractivity contribution in [1.82, 2.24) is 10.2 Å². The van der Waals surface area contributed by atoms with Crippen LogP contribution in [0, 0.1) is 0 Å². The summed E-state index contributed by atoms with van der Waals surface area (Å²) in [5, 5.41) is 3.40. The molecule has 1 saturated heterocycles. The van der Waals surface area contributed by atoms with Gasteiger partial charge in [0.1, 0.15) is 0 Å². The molecule has 0 saturated carbocycles. The van der Waals surface area contributed by atoms with Crippen LogP contribution < -0.4 is 5.32 Å². The van der Waals surface area contributed by atoms with E-state index in [1.807, 2.05) is 0 Å². The molecular formula is C14H20N2. The van der Waals surface area contributed by atoms with Crippen molar-refractivity contribution in [3.05, 3.63) is 34.9 Å². The molecule has 2 heterocycles. The van der Waals surface area contributed by atoms with Gasteiger partial charge >= 0.3 is 0 Å². The number of hydrogen-bond donors (Lipinski definition) is 1. The fraction of sp³-hybridized carbons (Fsp3) is 0.571. The Hall–Kier alpha value is -0.860. The molecule has 0 bridgehead atoms. The van der Waals surface area contributed by atoms with Crippen LogP contribution in [0.4, 0.5) is 0 Å². The molecule has 86 valence electrons. The lowest BCUT2D eigenvalue weighted by atomic mass is 10.0. The van der Waals surface area contributed by atoms with Gasteiger partial charge in [0, 0.05) is 19.6 Å². The van der Waals surface area contributed by atoms with E-state index >= 15 is 0 Å². The molecule has 0 aromatic heterocycles. The van der Waals surface area contributed by atoms with E-state index in [0.717, 1.165) is 19.6 Å². The van der Waals surface area contributed by atoms with Gasteiger partial charge in [-0.2, -0.15) is 0 Å². The molecule has 0 amide bonds. The van der Waals surface area contributed by atoms with Gasteiger partial charge in [0.15, 0.2) is 0 Å². The Morgan fingerprint density at radius 1 is 1.00 bits per heavy atom. The van der Waals surface area contributed by atoms with E-state index in [-0.39, 0.29) is 0 Å². The fourth-order valence-corrected chi connectivity index (χ4v) is 2.82. The summed E-state index contributed by atoms with van der Waals surface area (Å²) in [6.07, 6.45) is 4.18. The van der Waals surface area contributed by atoms with Gasteiger partial charge in [-0.25, -0.2) is 0 Å². The zero-order chi connectivity index (χ0) is 10.8. The second-order valence-corrected chi connectivity index (χ2v) is 5.04. The third-order valence-corrected chi connectivity index (χ3v) is 3.76. The van der Waals surface area contributed by atoms with Gasteiger partial charge in [-0.1, -0.05) is 24.6 Å². The molecule has 1 N–H and O–H groups in total. The average Bonchev–Trinajstić information content (AvgIpc) is 2.77. The van der Waals surface area contributed by atoms with E-state index in [1.54, 1.807) is 0 Å². The topological polar surface area (TPSA) is 15.3 Å². The Morgan fingerprint density at radius 3 is 2.69 bits per heavy atom. The SMILES string of the molecule is c1cc2c(cc1CN1CCCCC1)CNC2. The van der Waals surface area contributed by atoms with Crippen molar-refractivity contribution in [2.24, 2.45) is 0 Å². The lowest BCUT2D eigenvalue weighted by molar-refractivity contribution is 0.221. The molecule has 3 rings (SSSR count). The van der Waals surface area contributed by atoms with Crippen LogP contribution in [-0.2, 0) is 19.6 Å². The predicted molar refractivity (Wildman–Crippen MR) is 66.1 cm³/mol. The first-order valence-electron chi connectivity index (χ1n) is 6.45. The van der Waals surface area contributed by atoms with Crippen LogP contribution in [0.2, 0.25) is 0 Å². The number of benzene rings is 1. The summed E-state index contributed by atoms with van der Waals surface area (Å²) in [5.74, 6) is 0. The maximum atomic E-state index is 3.40. The van der Waals surface area contributed by atoms with Gasteiger partial charge in [0.05, 0.1) is 0 Å². The number of hydrogen-bond acceptors (Lipinski definition) is 2. The van der Waals surface area contributed by atoms with E-state index in [0.29, 0.717) is 0 Å². The molecular weight excluding hydrogens is 196 g/mol. The molecule has 2 heteroatoms. The molecule has 0 unspecified atom stereocenters.